The predicted octanol–water partition coefficient (Wildman–Crippen LogP) is 4.52. The van der Waals surface area contributed by atoms with Gasteiger partial charge in [-0.15, -0.1) is 11.3 Å². The Balaban J connectivity index is 2.34. The maximum atomic E-state index is 4.55. The SMILES string of the molecule is CCc1cc(I)c(C)cc1Cc1csc(C)n1. The number of benzene rings is 1. The number of hydrogen-bond donors (Lipinski definition) is 0. The number of hydrogen-bond acceptors (Lipinski definition) is 2. The van der Waals surface area contributed by atoms with Crippen molar-refractivity contribution in [3.05, 3.63) is 48.5 Å². The van der Waals surface area contributed by atoms with Crippen molar-refractivity contribution < 1.29 is 0 Å². The Morgan fingerprint density at radius 3 is 2.59 bits per heavy atom. The van der Waals surface area contributed by atoms with Gasteiger partial charge in [-0.3, -0.25) is 0 Å². The first-order valence-electron chi connectivity index (χ1n) is 5.79. The average Bonchev–Trinajstić information content (AvgIpc) is 2.69. The molecule has 0 saturated carbocycles. The van der Waals surface area contributed by atoms with Crippen LogP contribution >= 0.6 is 33.9 Å². The van der Waals surface area contributed by atoms with Gasteiger partial charge in [0.1, 0.15) is 0 Å². The maximum absolute atomic E-state index is 4.55. The van der Waals surface area contributed by atoms with Crippen molar-refractivity contribution in [2.75, 3.05) is 0 Å². The lowest BCUT2D eigenvalue weighted by molar-refractivity contribution is 1.02. The van der Waals surface area contributed by atoms with Gasteiger partial charge in [0.15, 0.2) is 0 Å². The summed E-state index contributed by atoms with van der Waals surface area (Å²) >= 11 is 4.14. The quantitative estimate of drug-likeness (QED) is 0.736. The molecule has 0 atom stereocenters. The first-order valence-corrected chi connectivity index (χ1v) is 7.75. The molecule has 0 fully saturated rings. The Hall–Kier alpha value is -0.420. The Kier molecular flexibility index (Phi) is 4.20. The fourth-order valence-corrected chi connectivity index (χ4v) is 3.10. The van der Waals surface area contributed by atoms with Crippen LogP contribution in [-0.2, 0) is 12.8 Å². The largest absolute Gasteiger partial charge is 0.246 e. The van der Waals surface area contributed by atoms with Crippen LogP contribution in [0.4, 0.5) is 0 Å². The molecule has 3 heteroatoms. The molecule has 0 spiro atoms. The van der Waals surface area contributed by atoms with Crippen molar-refractivity contribution in [2.45, 2.75) is 33.6 Å². The molecule has 0 aliphatic rings. The van der Waals surface area contributed by atoms with Crippen LogP contribution in [-0.4, -0.2) is 4.98 Å². The van der Waals surface area contributed by atoms with E-state index < -0.39 is 0 Å². The third-order valence-electron chi connectivity index (χ3n) is 2.90. The van der Waals surface area contributed by atoms with Gasteiger partial charge in [-0.2, -0.15) is 0 Å². The van der Waals surface area contributed by atoms with Gasteiger partial charge in [0.25, 0.3) is 0 Å². The number of thiazole rings is 1. The van der Waals surface area contributed by atoms with Gasteiger partial charge in [0.05, 0.1) is 10.7 Å². The highest BCUT2D eigenvalue weighted by molar-refractivity contribution is 14.1. The van der Waals surface area contributed by atoms with Gasteiger partial charge < -0.3 is 0 Å². The molecule has 0 saturated heterocycles. The monoisotopic (exact) mass is 357 g/mol. The van der Waals surface area contributed by atoms with Crippen molar-refractivity contribution >= 4 is 33.9 Å². The van der Waals surface area contributed by atoms with Crippen LogP contribution in [0.2, 0.25) is 0 Å². The third-order valence-corrected chi connectivity index (χ3v) is 4.88. The highest BCUT2D eigenvalue weighted by Crippen LogP contribution is 2.22. The Bertz CT molecular complexity index is 531. The molecule has 90 valence electrons. The number of aryl methyl sites for hydroxylation is 3. The lowest BCUT2D eigenvalue weighted by atomic mass is 9.99. The van der Waals surface area contributed by atoms with Crippen molar-refractivity contribution in [1.29, 1.82) is 0 Å². The number of aromatic nitrogens is 1. The highest BCUT2D eigenvalue weighted by Gasteiger charge is 2.07. The fraction of sp³-hybridized carbons (Fsp3) is 0.357. The van der Waals surface area contributed by atoms with E-state index in [2.05, 4.69) is 65.9 Å². The van der Waals surface area contributed by atoms with Crippen molar-refractivity contribution in [3.8, 4) is 0 Å². The van der Waals surface area contributed by atoms with Crippen LogP contribution in [0.5, 0.6) is 0 Å². The molecule has 0 N–H and O–H groups in total. The minimum absolute atomic E-state index is 0.964. The number of halogens is 1. The fourth-order valence-electron chi connectivity index (χ4n) is 1.96. The molecule has 1 nitrogen and oxygen atoms in total. The van der Waals surface area contributed by atoms with Crippen LogP contribution in [0.25, 0.3) is 0 Å². The molecule has 2 aromatic rings. The van der Waals surface area contributed by atoms with Crippen LogP contribution in [0, 0.1) is 17.4 Å². The zero-order valence-electron chi connectivity index (χ0n) is 10.4. The summed E-state index contributed by atoms with van der Waals surface area (Å²) in [5.41, 5.74) is 5.44. The molecule has 0 unspecified atom stereocenters. The first-order chi connectivity index (χ1) is 8.10. The second-order valence-corrected chi connectivity index (χ2v) is 6.48. The summed E-state index contributed by atoms with van der Waals surface area (Å²) in [4.78, 5) is 4.55. The van der Waals surface area contributed by atoms with E-state index in [1.807, 2.05) is 0 Å². The lowest BCUT2D eigenvalue weighted by Crippen LogP contribution is -1.98. The minimum Gasteiger partial charge on any atom is -0.246 e. The molecular weight excluding hydrogens is 341 g/mol. The molecule has 2 rings (SSSR count). The highest BCUT2D eigenvalue weighted by atomic mass is 127. The van der Waals surface area contributed by atoms with E-state index >= 15 is 0 Å². The normalized spacial score (nSPS) is 10.8. The second-order valence-electron chi connectivity index (χ2n) is 4.26. The average molecular weight is 357 g/mol. The van der Waals surface area contributed by atoms with E-state index in [1.54, 1.807) is 11.3 Å². The summed E-state index contributed by atoms with van der Waals surface area (Å²) in [5.74, 6) is 0. The summed E-state index contributed by atoms with van der Waals surface area (Å²) < 4.78 is 1.36. The van der Waals surface area contributed by atoms with E-state index in [0.717, 1.165) is 17.8 Å². The minimum atomic E-state index is 0.964. The van der Waals surface area contributed by atoms with Crippen molar-refractivity contribution in [3.63, 3.8) is 0 Å². The molecule has 0 aliphatic heterocycles. The molecule has 1 aromatic carbocycles. The van der Waals surface area contributed by atoms with Gasteiger partial charge in [-0.25, -0.2) is 4.98 Å². The summed E-state index contributed by atoms with van der Waals surface area (Å²) in [6.07, 6.45) is 2.06. The molecule has 0 aliphatic carbocycles. The van der Waals surface area contributed by atoms with E-state index in [9.17, 15) is 0 Å². The zero-order valence-corrected chi connectivity index (χ0v) is 13.4. The van der Waals surface area contributed by atoms with Crippen LogP contribution in [0.15, 0.2) is 17.5 Å². The molecular formula is C14H16INS. The standard InChI is InChI=1S/C14H16INS/c1-4-11-7-14(15)9(2)5-12(11)6-13-8-17-10(3)16-13/h5,7-8H,4,6H2,1-3H3. The molecule has 1 heterocycles. The first kappa shape index (κ1) is 13.0. The number of rotatable bonds is 3. The smallest absolute Gasteiger partial charge is 0.0897 e. The van der Waals surface area contributed by atoms with Gasteiger partial charge in [0.2, 0.25) is 0 Å². The van der Waals surface area contributed by atoms with Crippen molar-refractivity contribution in [2.24, 2.45) is 0 Å². The summed E-state index contributed by atoms with van der Waals surface area (Å²) in [6.45, 7) is 6.46. The van der Waals surface area contributed by atoms with E-state index in [0.29, 0.717) is 0 Å². The van der Waals surface area contributed by atoms with Gasteiger partial charge in [-0.05, 0) is 65.6 Å². The van der Waals surface area contributed by atoms with Gasteiger partial charge in [0, 0.05) is 15.4 Å². The summed E-state index contributed by atoms with van der Waals surface area (Å²) in [5, 5.41) is 3.32. The maximum Gasteiger partial charge on any atom is 0.0897 e. The summed E-state index contributed by atoms with van der Waals surface area (Å²) in [6, 6.07) is 4.62. The van der Waals surface area contributed by atoms with Crippen LogP contribution in [0.3, 0.4) is 0 Å². The number of nitrogens with zero attached hydrogens (tertiary/aromatic N) is 1. The Morgan fingerprint density at radius 1 is 1.24 bits per heavy atom. The summed E-state index contributed by atoms with van der Waals surface area (Å²) in [7, 11) is 0. The molecule has 1 aromatic heterocycles. The van der Waals surface area contributed by atoms with E-state index in [1.165, 1.54) is 26.0 Å². The Morgan fingerprint density at radius 2 is 2.00 bits per heavy atom. The van der Waals surface area contributed by atoms with Crippen molar-refractivity contribution in [1.82, 2.24) is 4.98 Å². The molecule has 0 radical (unpaired) electrons. The second kappa shape index (κ2) is 5.48. The topological polar surface area (TPSA) is 12.9 Å². The molecule has 17 heavy (non-hydrogen) atoms. The molecule has 0 bridgehead atoms. The third kappa shape index (κ3) is 3.07. The Labute approximate surface area is 120 Å². The van der Waals surface area contributed by atoms with Gasteiger partial charge in [-0.1, -0.05) is 13.0 Å². The zero-order chi connectivity index (χ0) is 12.4. The van der Waals surface area contributed by atoms with Crippen LogP contribution in [0.1, 0.15) is 34.3 Å². The van der Waals surface area contributed by atoms with Crippen LogP contribution < -0.4 is 0 Å². The van der Waals surface area contributed by atoms with Gasteiger partial charge >= 0.3 is 0 Å². The van der Waals surface area contributed by atoms with E-state index in [-0.39, 0.29) is 0 Å². The predicted molar refractivity (Wildman–Crippen MR) is 82.9 cm³/mol. The molecule has 0 amide bonds. The lowest BCUT2D eigenvalue weighted by Gasteiger charge is -2.09. The van der Waals surface area contributed by atoms with E-state index in [4.69, 9.17) is 0 Å².